The van der Waals surface area contributed by atoms with Gasteiger partial charge in [-0.1, -0.05) is 72.8 Å². The van der Waals surface area contributed by atoms with Crippen LogP contribution in [0.5, 0.6) is 5.75 Å². The van der Waals surface area contributed by atoms with E-state index in [0.717, 1.165) is 4.90 Å². The normalized spacial score (nSPS) is 16.1. The summed E-state index contributed by atoms with van der Waals surface area (Å²) in [7, 11) is 0. The topological polar surface area (TPSA) is 63.7 Å². The number of hydrogen-bond donors (Lipinski definition) is 0. The van der Waals surface area contributed by atoms with E-state index in [2.05, 4.69) is 0 Å². The van der Waals surface area contributed by atoms with Gasteiger partial charge in [0, 0.05) is 11.1 Å². The molecular weight excluding hydrogens is 354 g/mol. The molecule has 0 saturated carbocycles. The van der Waals surface area contributed by atoms with Gasteiger partial charge in [0.2, 0.25) is 6.10 Å². The number of carbonyl (C=O) groups excluding carboxylic acids is 3. The molecule has 1 aliphatic heterocycles. The quantitative estimate of drug-likeness (QED) is 0.518. The first-order chi connectivity index (χ1) is 13.6. The monoisotopic (exact) mass is 371 g/mol. The molecule has 5 heteroatoms. The lowest BCUT2D eigenvalue weighted by Crippen LogP contribution is -2.42. The lowest BCUT2D eigenvalue weighted by atomic mass is 10.1. The van der Waals surface area contributed by atoms with Crippen LogP contribution < -0.4 is 4.74 Å². The smallest absolute Gasteiger partial charge is 0.275 e. The van der Waals surface area contributed by atoms with Gasteiger partial charge in [0.25, 0.3) is 11.8 Å². The molecule has 2 amide bonds. The van der Waals surface area contributed by atoms with Crippen LogP contribution in [0.15, 0.2) is 84.9 Å². The summed E-state index contributed by atoms with van der Waals surface area (Å²) in [5, 5.41) is 0. The molecule has 0 bridgehead atoms. The predicted molar refractivity (Wildman–Crippen MR) is 103 cm³/mol. The summed E-state index contributed by atoms with van der Waals surface area (Å²) in [5.41, 5.74) is 1.32. The van der Waals surface area contributed by atoms with E-state index in [1.807, 2.05) is 6.07 Å². The molecule has 0 aromatic heterocycles. The highest BCUT2D eigenvalue weighted by Crippen LogP contribution is 2.32. The fourth-order valence-corrected chi connectivity index (χ4v) is 3.16. The van der Waals surface area contributed by atoms with Crippen LogP contribution in [0, 0.1) is 0 Å². The minimum absolute atomic E-state index is 0.259. The highest BCUT2D eigenvalue weighted by molar-refractivity contribution is 6.12. The van der Waals surface area contributed by atoms with Gasteiger partial charge >= 0.3 is 0 Å². The number of Topliss-reactive ketones (excluding diaryl/α,β-unsaturated/α-hetero) is 1. The lowest BCUT2D eigenvalue weighted by Gasteiger charge is -2.22. The molecule has 4 rings (SSSR count). The van der Waals surface area contributed by atoms with E-state index in [4.69, 9.17) is 4.74 Å². The van der Waals surface area contributed by atoms with Crippen molar-refractivity contribution in [3.05, 3.63) is 102 Å². The van der Waals surface area contributed by atoms with Crippen molar-refractivity contribution in [2.45, 2.75) is 6.10 Å². The predicted octanol–water partition coefficient (Wildman–Crippen LogP) is 3.67. The second-order valence-electron chi connectivity index (χ2n) is 6.42. The molecule has 1 heterocycles. The SMILES string of the molecule is O=C(CN1C(=O)c2ccccc2O[C@@H](c2ccccc2)C1=O)c1ccccc1. The Morgan fingerprint density at radius 3 is 2.14 bits per heavy atom. The summed E-state index contributed by atoms with van der Waals surface area (Å²) in [6.07, 6.45) is -1.00. The van der Waals surface area contributed by atoms with E-state index >= 15 is 0 Å². The molecule has 5 nitrogen and oxygen atoms in total. The summed E-state index contributed by atoms with van der Waals surface area (Å²) >= 11 is 0. The molecule has 0 radical (unpaired) electrons. The van der Waals surface area contributed by atoms with E-state index < -0.39 is 17.9 Å². The average Bonchev–Trinajstić information content (AvgIpc) is 2.85. The standard InChI is InChI=1S/C23H17NO4/c25-19(16-9-3-1-4-10-16)15-24-22(26)18-13-7-8-14-20(18)28-21(23(24)27)17-11-5-2-6-12-17/h1-14,21H,15H2/t21-/m0/s1. The Labute approximate surface area is 162 Å². The van der Waals surface area contributed by atoms with E-state index in [1.54, 1.807) is 78.9 Å². The number of benzene rings is 3. The van der Waals surface area contributed by atoms with Crippen LogP contribution in [0.2, 0.25) is 0 Å². The summed E-state index contributed by atoms with van der Waals surface area (Å²) in [6, 6.07) is 24.2. The number of imide groups is 1. The highest BCUT2D eigenvalue weighted by Gasteiger charge is 2.38. The average molecular weight is 371 g/mol. The van der Waals surface area contributed by atoms with E-state index in [0.29, 0.717) is 16.9 Å². The van der Waals surface area contributed by atoms with Crippen molar-refractivity contribution in [3.8, 4) is 5.75 Å². The zero-order chi connectivity index (χ0) is 19.5. The summed E-state index contributed by atoms with van der Waals surface area (Å²) in [6.45, 7) is -0.345. The number of carbonyl (C=O) groups is 3. The van der Waals surface area contributed by atoms with Crippen LogP contribution in [-0.4, -0.2) is 29.0 Å². The van der Waals surface area contributed by atoms with Crippen molar-refractivity contribution >= 4 is 17.6 Å². The van der Waals surface area contributed by atoms with Gasteiger partial charge in [-0.2, -0.15) is 0 Å². The maximum Gasteiger partial charge on any atom is 0.275 e. The van der Waals surface area contributed by atoms with Gasteiger partial charge < -0.3 is 4.74 Å². The minimum atomic E-state index is -1.00. The van der Waals surface area contributed by atoms with Crippen LogP contribution in [0.3, 0.4) is 0 Å². The molecule has 3 aromatic rings. The number of rotatable bonds is 4. The molecule has 138 valence electrons. The van der Waals surface area contributed by atoms with Crippen molar-refractivity contribution in [1.82, 2.24) is 4.90 Å². The van der Waals surface area contributed by atoms with Crippen molar-refractivity contribution in [2.75, 3.05) is 6.54 Å². The summed E-state index contributed by atoms with van der Waals surface area (Å²) < 4.78 is 5.92. The van der Waals surface area contributed by atoms with E-state index in [1.165, 1.54) is 0 Å². The molecule has 0 N–H and O–H groups in total. The van der Waals surface area contributed by atoms with Crippen molar-refractivity contribution in [3.63, 3.8) is 0 Å². The number of ketones is 1. The second-order valence-corrected chi connectivity index (χ2v) is 6.42. The highest BCUT2D eigenvalue weighted by atomic mass is 16.5. The maximum atomic E-state index is 13.2. The Bertz CT molecular complexity index is 1030. The fourth-order valence-electron chi connectivity index (χ4n) is 3.16. The van der Waals surface area contributed by atoms with Gasteiger partial charge in [-0.25, -0.2) is 0 Å². The second kappa shape index (κ2) is 7.48. The van der Waals surface area contributed by atoms with Gasteiger partial charge in [-0.15, -0.1) is 0 Å². The van der Waals surface area contributed by atoms with Gasteiger partial charge in [-0.05, 0) is 12.1 Å². The van der Waals surface area contributed by atoms with Gasteiger partial charge in [0.15, 0.2) is 5.78 Å². The van der Waals surface area contributed by atoms with E-state index in [9.17, 15) is 14.4 Å². The third-order valence-corrected chi connectivity index (χ3v) is 4.60. The summed E-state index contributed by atoms with van der Waals surface area (Å²) in [4.78, 5) is 40.0. The number of amides is 2. The van der Waals surface area contributed by atoms with Crippen LogP contribution in [0.1, 0.15) is 32.4 Å². The first-order valence-electron chi connectivity index (χ1n) is 8.90. The Balaban J connectivity index is 1.74. The van der Waals surface area contributed by atoms with Crippen molar-refractivity contribution in [1.29, 1.82) is 0 Å². The van der Waals surface area contributed by atoms with Gasteiger partial charge in [-0.3, -0.25) is 19.3 Å². The first-order valence-corrected chi connectivity index (χ1v) is 8.90. The third-order valence-electron chi connectivity index (χ3n) is 4.60. The van der Waals surface area contributed by atoms with Crippen molar-refractivity contribution in [2.24, 2.45) is 0 Å². The van der Waals surface area contributed by atoms with E-state index in [-0.39, 0.29) is 17.9 Å². The number of hydrogen-bond acceptors (Lipinski definition) is 4. The third kappa shape index (κ3) is 3.30. The first kappa shape index (κ1) is 17.7. The molecule has 1 aliphatic rings. The Morgan fingerprint density at radius 1 is 0.821 bits per heavy atom. The maximum absolute atomic E-state index is 13.2. The zero-order valence-corrected chi connectivity index (χ0v) is 14.9. The molecule has 0 aliphatic carbocycles. The largest absolute Gasteiger partial charge is 0.475 e. The molecular formula is C23H17NO4. The number of nitrogens with zero attached hydrogens (tertiary/aromatic N) is 1. The number of fused-ring (bicyclic) bond motifs is 1. The number of ether oxygens (including phenoxy) is 1. The molecule has 0 fully saturated rings. The molecule has 0 unspecified atom stereocenters. The Morgan fingerprint density at radius 2 is 1.43 bits per heavy atom. The zero-order valence-electron chi connectivity index (χ0n) is 14.9. The van der Waals surface area contributed by atoms with Gasteiger partial charge in [0.1, 0.15) is 5.75 Å². The lowest BCUT2D eigenvalue weighted by molar-refractivity contribution is -0.135. The summed E-state index contributed by atoms with van der Waals surface area (Å²) in [5.74, 6) is -1.09. The van der Waals surface area contributed by atoms with Crippen LogP contribution >= 0.6 is 0 Å². The number of para-hydroxylation sites is 1. The van der Waals surface area contributed by atoms with Crippen LogP contribution in [-0.2, 0) is 4.79 Å². The van der Waals surface area contributed by atoms with Gasteiger partial charge in [0.05, 0.1) is 12.1 Å². The molecule has 1 atom stereocenters. The minimum Gasteiger partial charge on any atom is -0.475 e. The molecule has 0 spiro atoms. The van der Waals surface area contributed by atoms with Crippen molar-refractivity contribution < 1.29 is 19.1 Å². The Hall–Kier alpha value is -3.73. The molecule has 3 aromatic carbocycles. The molecule has 28 heavy (non-hydrogen) atoms. The molecule has 0 saturated heterocycles. The Kier molecular flexibility index (Phi) is 4.72. The fraction of sp³-hybridized carbons (Fsp3) is 0.0870. The van der Waals surface area contributed by atoms with Crippen LogP contribution in [0.4, 0.5) is 0 Å². The van der Waals surface area contributed by atoms with Crippen LogP contribution in [0.25, 0.3) is 0 Å².